The molecule has 0 aromatic carbocycles. The van der Waals surface area contributed by atoms with Crippen molar-refractivity contribution in [1.29, 1.82) is 0 Å². The molecule has 2 aromatic heterocycles. The lowest BCUT2D eigenvalue weighted by atomic mass is 10.4. The van der Waals surface area contributed by atoms with E-state index >= 15 is 0 Å². The molecule has 0 radical (unpaired) electrons. The maximum atomic E-state index is 12.1. The minimum absolute atomic E-state index is 0.0705. The van der Waals surface area contributed by atoms with Gasteiger partial charge in [0.25, 0.3) is 11.8 Å². The van der Waals surface area contributed by atoms with Crippen LogP contribution in [0, 0.1) is 0 Å². The Labute approximate surface area is 131 Å². The van der Waals surface area contributed by atoms with Crippen molar-refractivity contribution >= 4 is 17.7 Å². The summed E-state index contributed by atoms with van der Waals surface area (Å²) >= 11 is 0. The van der Waals surface area contributed by atoms with Gasteiger partial charge < -0.3 is 18.6 Å². The summed E-state index contributed by atoms with van der Waals surface area (Å²) < 4.78 is 19.8. The number of amides is 1. The van der Waals surface area contributed by atoms with Crippen LogP contribution in [0.25, 0.3) is 0 Å². The molecule has 0 unspecified atom stereocenters. The van der Waals surface area contributed by atoms with E-state index in [-0.39, 0.29) is 29.8 Å². The summed E-state index contributed by atoms with van der Waals surface area (Å²) in [6.45, 7) is 0.621. The summed E-state index contributed by atoms with van der Waals surface area (Å²) in [5, 5.41) is 2.50. The van der Waals surface area contributed by atoms with E-state index in [4.69, 9.17) is 13.9 Å². The molecule has 2 heterocycles. The van der Waals surface area contributed by atoms with E-state index in [0.29, 0.717) is 6.61 Å². The van der Waals surface area contributed by atoms with Crippen molar-refractivity contribution in [2.24, 2.45) is 0 Å². The minimum atomic E-state index is -0.674. The van der Waals surface area contributed by atoms with Gasteiger partial charge in [-0.15, -0.1) is 0 Å². The zero-order chi connectivity index (χ0) is 16.7. The van der Waals surface area contributed by atoms with Gasteiger partial charge in [0.2, 0.25) is 5.76 Å². The lowest BCUT2D eigenvalue weighted by molar-refractivity contribution is 0.0563. The normalized spacial score (nSPS) is 10.2. The quantitative estimate of drug-likeness (QED) is 0.596. The van der Waals surface area contributed by atoms with Crippen LogP contribution in [0.5, 0.6) is 5.88 Å². The maximum absolute atomic E-state index is 12.1. The summed E-state index contributed by atoms with van der Waals surface area (Å²) in [5.74, 6) is -1.14. The molecule has 9 nitrogen and oxygen atoms in total. The first-order valence-electron chi connectivity index (χ1n) is 6.58. The molecule has 0 saturated heterocycles. The van der Waals surface area contributed by atoms with Gasteiger partial charge in [0, 0.05) is 19.5 Å². The molecule has 1 N–H and O–H groups in total. The smallest absolute Gasteiger partial charge is 0.373 e. The van der Waals surface area contributed by atoms with E-state index in [0.717, 1.165) is 0 Å². The number of methoxy groups -OCH3 is 2. The standard InChI is InChI=1S/C14H15N3O6/c1-20-7-8-22-13-11(15-5-6-16-13)17-12(18)9-3-4-10(23-9)14(19)21-2/h3-6H,7-8H2,1-2H3,(H,15,17,18). The van der Waals surface area contributed by atoms with Crippen LogP contribution in [-0.2, 0) is 9.47 Å². The molecule has 0 fully saturated rings. The van der Waals surface area contributed by atoms with E-state index in [1.54, 1.807) is 7.11 Å². The Balaban J connectivity index is 2.08. The van der Waals surface area contributed by atoms with E-state index in [1.165, 1.54) is 31.6 Å². The van der Waals surface area contributed by atoms with Crippen LogP contribution >= 0.6 is 0 Å². The van der Waals surface area contributed by atoms with Gasteiger partial charge in [-0.2, -0.15) is 0 Å². The van der Waals surface area contributed by atoms with E-state index in [2.05, 4.69) is 20.0 Å². The third-order valence-electron chi connectivity index (χ3n) is 2.64. The van der Waals surface area contributed by atoms with Crippen LogP contribution in [0.15, 0.2) is 28.9 Å². The predicted molar refractivity (Wildman–Crippen MR) is 77.4 cm³/mol. The third kappa shape index (κ3) is 4.27. The maximum Gasteiger partial charge on any atom is 0.373 e. The monoisotopic (exact) mass is 321 g/mol. The van der Waals surface area contributed by atoms with Crippen molar-refractivity contribution in [3.8, 4) is 5.88 Å². The molecule has 0 aliphatic rings. The van der Waals surface area contributed by atoms with Gasteiger partial charge in [0.15, 0.2) is 11.6 Å². The second-order valence-electron chi connectivity index (χ2n) is 4.16. The highest BCUT2D eigenvalue weighted by atomic mass is 16.5. The number of rotatable bonds is 7. The molecular weight excluding hydrogens is 306 g/mol. The second kappa shape index (κ2) is 7.90. The van der Waals surface area contributed by atoms with Gasteiger partial charge in [-0.25, -0.2) is 14.8 Å². The first kappa shape index (κ1) is 16.4. The summed E-state index contributed by atoms with van der Waals surface area (Å²) in [7, 11) is 2.76. The van der Waals surface area contributed by atoms with E-state index < -0.39 is 11.9 Å². The van der Waals surface area contributed by atoms with Crippen LogP contribution in [0.1, 0.15) is 21.1 Å². The van der Waals surface area contributed by atoms with Crippen molar-refractivity contribution in [3.05, 3.63) is 36.0 Å². The lowest BCUT2D eigenvalue weighted by Crippen LogP contribution is -2.15. The molecular formula is C14H15N3O6. The first-order valence-corrected chi connectivity index (χ1v) is 6.58. The summed E-state index contributed by atoms with van der Waals surface area (Å²) in [6, 6.07) is 2.69. The Kier molecular flexibility index (Phi) is 5.64. The van der Waals surface area contributed by atoms with E-state index in [9.17, 15) is 9.59 Å². The van der Waals surface area contributed by atoms with Gasteiger partial charge in [-0.3, -0.25) is 10.1 Å². The number of esters is 1. The van der Waals surface area contributed by atoms with Gasteiger partial charge >= 0.3 is 5.97 Å². The highest BCUT2D eigenvalue weighted by molar-refractivity contribution is 6.03. The molecule has 0 aliphatic carbocycles. The fraction of sp³-hybridized carbons (Fsp3) is 0.286. The number of hydrogen-bond donors (Lipinski definition) is 1. The van der Waals surface area contributed by atoms with Crippen molar-refractivity contribution < 1.29 is 28.2 Å². The molecule has 2 rings (SSSR count). The Bertz CT molecular complexity index is 685. The van der Waals surface area contributed by atoms with Crippen LogP contribution in [0.4, 0.5) is 5.82 Å². The Morgan fingerprint density at radius 2 is 1.87 bits per heavy atom. The highest BCUT2D eigenvalue weighted by Crippen LogP contribution is 2.19. The van der Waals surface area contributed by atoms with Crippen molar-refractivity contribution in [2.45, 2.75) is 0 Å². The number of carbonyl (C=O) groups excluding carboxylic acids is 2. The largest absolute Gasteiger partial charge is 0.473 e. The molecule has 0 saturated carbocycles. The van der Waals surface area contributed by atoms with Gasteiger partial charge in [0.05, 0.1) is 13.7 Å². The highest BCUT2D eigenvalue weighted by Gasteiger charge is 2.18. The molecule has 0 atom stereocenters. The number of aromatic nitrogens is 2. The Morgan fingerprint density at radius 1 is 1.13 bits per heavy atom. The average molecular weight is 321 g/mol. The van der Waals surface area contributed by atoms with Crippen LogP contribution in [0.3, 0.4) is 0 Å². The molecule has 9 heteroatoms. The molecule has 0 bridgehead atoms. The van der Waals surface area contributed by atoms with Crippen LogP contribution < -0.4 is 10.1 Å². The zero-order valence-electron chi connectivity index (χ0n) is 12.6. The third-order valence-corrected chi connectivity index (χ3v) is 2.64. The molecule has 23 heavy (non-hydrogen) atoms. The SMILES string of the molecule is COCCOc1nccnc1NC(=O)c1ccc(C(=O)OC)o1. The van der Waals surface area contributed by atoms with Gasteiger partial charge in [-0.05, 0) is 12.1 Å². The molecule has 122 valence electrons. The van der Waals surface area contributed by atoms with Gasteiger partial charge in [-0.1, -0.05) is 0 Å². The average Bonchev–Trinajstić information content (AvgIpc) is 3.06. The molecule has 2 aromatic rings. The van der Waals surface area contributed by atoms with E-state index in [1.807, 2.05) is 0 Å². The number of furan rings is 1. The Morgan fingerprint density at radius 3 is 2.61 bits per heavy atom. The topological polar surface area (TPSA) is 113 Å². The number of carbonyl (C=O) groups is 2. The van der Waals surface area contributed by atoms with Gasteiger partial charge in [0.1, 0.15) is 6.61 Å². The van der Waals surface area contributed by atoms with Crippen molar-refractivity contribution in [2.75, 3.05) is 32.8 Å². The van der Waals surface area contributed by atoms with Crippen LogP contribution in [0.2, 0.25) is 0 Å². The van der Waals surface area contributed by atoms with Crippen LogP contribution in [-0.4, -0.2) is 49.3 Å². The molecule has 0 spiro atoms. The number of anilines is 1. The predicted octanol–water partition coefficient (Wildman–Crippen LogP) is 1.13. The second-order valence-corrected chi connectivity index (χ2v) is 4.16. The first-order chi connectivity index (χ1) is 11.2. The lowest BCUT2D eigenvalue weighted by Gasteiger charge is -2.09. The van der Waals surface area contributed by atoms with Crippen molar-refractivity contribution in [3.63, 3.8) is 0 Å². The summed E-state index contributed by atoms with van der Waals surface area (Å²) in [4.78, 5) is 31.4. The molecule has 1 amide bonds. The summed E-state index contributed by atoms with van der Waals surface area (Å²) in [5.41, 5.74) is 0. The number of nitrogens with zero attached hydrogens (tertiary/aromatic N) is 2. The number of ether oxygens (including phenoxy) is 3. The summed E-state index contributed by atoms with van der Waals surface area (Å²) in [6.07, 6.45) is 2.83. The fourth-order valence-corrected chi connectivity index (χ4v) is 1.58. The number of hydrogen-bond acceptors (Lipinski definition) is 8. The molecule has 0 aliphatic heterocycles. The zero-order valence-corrected chi connectivity index (χ0v) is 12.6. The van der Waals surface area contributed by atoms with Crippen molar-refractivity contribution in [1.82, 2.24) is 9.97 Å². The fourth-order valence-electron chi connectivity index (χ4n) is 1.58. The minimum Gasteiger partial charge on any atom is -0.473 e. The number of nitrogens with one attached hydrogen (secondary N) is 1. The Hall–Kier alpha value is -2.94.